The molecule has 0 unspecified atom stereocenters. The topological polar surface area (TPSA) is 47.8 Å². The number of rotatable bonds is 4. The third kappa shape index (κ3) is 2.76. The molecule has 0 fully saturated rings. The van der Waals surface area contributed by atoms with Gasteiger partial charge in [-0.15, -0.1) is 0 Å². The number of hydrogen-bond donors (Lipinski definition) is 0. The summed E-state index contributed by atoms with van der Waals surface area (Å²) in [7, 11) is 0. The summed E-state index contributed by atoms with van der Waals surface area (Å²) in [5.74, 6) is 1.81. The van der Waals surface area contributed by atoms with Crippen molar-refractivity contribution >= 4 is 21.7 Å². The Balaban J connectivity index is 2.52. The highest BCUT2D eigenvalue weighted by atomic mass is 79.9. The van der Waals surface area contributed by atoms with Crippen LogP contribution in [0.3, 0.4) is 0 Å². The average Bonchev–Trinajstić information content (AvgIpc) is 2.81. The monoisotopic (exact) mass is 321 g/mol. The van der Waals surface area contributed by atoms with Crippen LogP contribution in [0.2, 0.25) is 0 Å². The van der Waals surface area contributed by atoms with Crippen molar-refractivity contribution < 1.29 is 4.79 Å². The van der Waals surface area contributed by atoms with Gasteiger partial charge in [-0.25, -0.2) is 9.67 Å². The smallest absolute Gasteiger partial charge is 0.159 e. The largest absolute Gasteiger partial charge is 0.295 e. The highest BCUT2D eigenvalue weighted by Crippen LogP contribution is 2.23. The zero-order valence-electron chi connectivity index (χ0n) is 11.3. The van der Waals surface area contributed by atoms with Gasteiger partial charge in [-0.2, -0.15) is 5.10 Å². The van der Waals surface area contributed by atoms with Crippen LogP contribution < -0.4 is 0 Å². The molecule has 2 aromatic rings. The summed E-state index contributed by atoms with van der Waals surface area (Å²) < 4.78 is 2.69. The fourth-order valence-electron chi connectivity index (χ4n) is 1.86. The normalized spacial score (nSPS) is 10.7. The first-order valence-corrected chi connectivity index (χ1v) is 7.11. The molecule has 1 aromatic heterocycles. The van der Waals surface area contributed by atoms with Gasteiger partial charge < -0.3 is 0 Å². The molecular weight excluding hydrogens is 306 g/mol. The van der Waals surface area contributed by atoms with Crippen molar-refractivity contribution in [2.45, 2.75) is 33.6 Å². The maximum atomic E-state index is 11.4. The maximum Gasteiger partial charge on any atom is 0.159 e. The number of Topliss-reactive ketones (excluding diaryl/α,β-unsaturated/α-hetero) is 1. The van der Waals surface area contributed by atoms with Crippen LogP contribution in [0.4, 0.5) is 0 Å². The first kappa shape index (κ1) is 13.9. The second-order valence-corrected chi connectivity index (χ2v) is 5.14. The van der Waals surface area contributed by atoms with E-state index in [1.165, 1.54) is 0 Å². The van der Waals surface area contributed by atoms with Crippen LogP contribution in [0.1, 0.15) is 42.8 Å². The van der Waals surface area contributed by atoms with Crippen molar-refractivity contribution in [3.05, 3.63) is 39.9 Å². The van der Waals surface area contributed by atoms with Crippen molar-refractivity contribution in [2.75, 3.05) is 0 Å². The predicted molar refractivity (Wildman–Crippen MR) is 77.8 cm³/mol. The molecule has 0 aliphatic rings. The minimum Gasteiger partial charge on any atom is -0.295 e. The van der Waals surface area contributed by atoms with Gasteiger partial charge >= 0.3 is 0 Å². The summed E-state index contributed by atoms with van der Waals surface area (Å²) in [6, 6.07) is 5.54. The van der Waals surface area contributed by atoms with Gasteiger partial charge in [0.2, 0.25) is 0 Å². The van der Waals surface area contributed by atoms with E-state index in [4.69, 9.17) is 0 Å². The summed E-state index contributed by atoms with van der Waals surface area (Å²) in [5.41, 5.74) is 1.60. The Hall–Kier alpha value is -1.49. The number of ketones is 1. The lowest BCUT2D eigenvalue weighted by molar-refractivity contribution is 0.101. The highest BCUT2D eigenvalue weighted by Gasteiger charge is 2.12. The van der Waals surface area contributed by atoms with Crippen LogP contribution in [-0.4, -0.2) is 20.5 Å². The molecule has 0 radical (unpaired) electrons. The van der Waals surface area contributed by atoms with E-state index in [-0.39, 0.29) is 5.78 Å². The number of carbonyl (C=O) groups excluding carboxylic acids is 1. The van der Waals surface area contributed by atoms with Crippen LogP contribution >= 0.6 is 15.9 Å². The van der Waals surface area contributed by atoms with Crippen molar-refractivity contribution in [3.63, 3.8) is 0 Å². The van der Waals surface area contributed by atoms with Gasteiger partial charge in [-0.3, -0.25) is 4.79 Å². The number of aryl methyl sites for hydroxylation is 2. The van der Waals surface area contributed by atoms with Gasteiger partial charge in [0.15, 0.2) is 11.6 Å². The van der Waals surface area contributed by atoms with Gasteiger partial charge in [0.1, 0.15) is 5.82 Å². The Morgan fingerprint density at radius 3 is 2.58 bits per heavy atom. The zero-order chi connectivity index (χ0) is 14.0. The molecule has 5 heteroatoms. The molecule has 4 nitrogen and oxygen atoms in total. The molecule has 19 heavy (non-hydrogen) atoms. The maximum absolute atomic E-state index is 11.4. The molecule has 0 bridgehead atoms. The van der Waals surface area contributed by atoms with Gasteiger partial charge in [0.25, 0.3) is 0 Å². The van der Waals surface area contributed by atoms with E-state index in [1.807, 2.05) is 29.8 Å². The van der Waals surface area contributed by atoms with Crippen molar-refractivity contribution in [2.24, 2.45) is 0 Å². The highest BCUT2D eigenvalue weighted by molar-refractivity contribution is 9.10. The molecule has 0 saturated carbocycles. The van der Waals surface area contributed by atoms with Gasteiger partial charge in [0, 0.05) is 22.9 Å². The number of aromatic nitrogens is 3. The van der Waals surface area contributed by atoms with E-state index >= 15 is 0 Å². The van der Waals surface area contributed by atoms with E-state index in [9.17, 15) is 4.79 Å². The van der Waals surface area contributed by atoms with Gasteiger partial charge in [0.05, 0.1) is 5.69 Å². The summed E-state index contributed by atoms with van der Waals surface area (Å²) >= 11 is 3.51. The summed E-state index contributed by atoms with van der Waals surface area (Å²) in [5, 5.41) is 4.50. The lowest BCUT2D eigenvalue weighted by atomic mass is 10.1. The molecule has 2 rings (SSSR count). The Labute approximate surface area is 121 Å². The third-order valence-electron chi connectivity index (χ3n) is 2.93. The van der Waals surface area contributed by atoms with Crippen LogP contribution in [0.5, 0.6) is 0 Å². The summed E-state index contributed by atoms with van der Waals surface area (Å²) in [4.78, 5) is 15.8. The fraction of sp³-hybridized carbons (Fsp3) is 0.357. The van der Waals surface area contributed by atoms with Crippen molar-refractivity contribution in [3.8, 4) is 5.69 Å². The Morgan fingerprint density at radius 2 is 2.05 bits per heavy atom. The second kappa shape index (κ2) is 5.65. The van der Waals surface area contributed by atoms with E-state index < -0.39 is 0 Å². The number of halogens is 1. The molecule has 1 heterocycles. The molecule has 0 spiro atoms. The van der Waals surface area contributed by atoms with Crippen LogP contribution in [0.15, 0.2) is 22.7 Å². The first-order valence-electron chi connectivity index (χ1n) is 6.32. The minimum absolute atomic E-state index is 0.0517. The molecule has 0 aliphatic heterocycles. The van der Waals surface area contributed by atoms with E-state index in [1.54, 1.807) is 6.92 Å². The lowest BCUT2D eigenvalue weighted by Crippen LogP contribution is -2.04. The standard InChI is InChI=1S/C14H16BrN3O/c1-4-13-16-14(5-2)18(17-13)12-7-6-10(9(3)19)8-11(12)15/h6-8H,4-5H2,1-3H3. The third-order valence-corrected chi connectivity index (χ3v) is 3.57. The Bertz CT molecular complexity index is 619. The second-order valence-electron chi connectivity index (χ2n) is 4.29. The van der Waals surface area contributed by atoms with Crippen LogP contribution in [0.25, 0.3) is 5.69 Å². The fourth-order valence-corrected chi connectivity index (χ4v) is 2.41. The molecule has 0 atom stereocenters. The zero-order valence-corrected chi connectivity index (χ0v) is 12.9. The van der Waals surface area contributed by atoms with Gasteiger partial charge in [-0.1, -0.05) is 13.8 Å². The lowest BCUT2D eigenvalue weighted by Gasteiger charge is -2.08. The van der Waals surface area contributed by atoms with Crippen LogP contribution in [0, 0.1) is 0 Å². The van der Waals surface area contributed by atoms with E-state index in [0.717, 1.165) is 34.7 Å². The molecule has 0 N–H and O–H groups in total. The van der Waals surface area contributed by atoms with Crippen molar-refractivity contribution in [1.29, 1.82) is 0 Å². The molecule has 0 amide bonds. The van der Waals surface area contributed by atoms with Crippen molar-refractivity contribution in [1.82, 2.24) is 14.8 Å². The Kier molecular flexibility index (Phi) is 4.14. The number of benzene rings is 1. The van der Waals surface area contributed by atoms with Gasteiger partial charge in [-0.05, 0) is 41.1 Å². The summed E-state index contributed by atoms with van der Waals surface area (Å²) in [6.45, 7) is 5.65. The minimum atomic E-state index is 0.0517. The quantitative estimate of drug-likeness (QED) is 0.811. The number of nitrogens with zero attached hydrogens (tertiary/aromatic N) is 3. The predicted octanol–water partition coefficient (Wildman–Crippen LogP) is 3.36. The average molecular weight is 322 g/mol. The summed E-state index contributed by atoms with van der Waals surface area (Å²) in [6.07, 6.45) is 1.62. The molecule has 1 aromatic carbocycles. The molecule has 0 aliphatic carbocycles. The molecule has 100 valence electrons. The number of carbonyl (C=O) groups is 1. The SMILES string of the molecule is CCc1nc(CC)n(-c2ccc(C(C)=O)cc2Br)n1. The van der Waals surface area contributed by atoms with E-state index in [2.05, 4.69) is 32.9 Å². The van der Waals surface area contributed by atoms with E-state index in [0.29, 0.717) is 5.56 Å². The molecular formula is C14H16BrN3O. The van der Waals surface area contributed by atoms with Crippen LogP contribution in [-0.2, 0) is 12.8 Å². The first-order chi connectivity index (χ1) is 9.06. The number of hydrogen-bond acceptors (Lipinski definition) is 3. The Morgan fingerprint density at radius 1 is 1.32 bits per heavy atom. The molecule has 0 saturated heterocycles.